The molecule has 0 radical (unpaired) electrons. The van der Waals surface area contributed by atoms with Crippen molar-refractivity contribution < 1.29 is 19.1 Å². The van der Waals surface area contributed by atoms with Crippen LogP contribution in [-0.4, -0.2) is 37.7 Å². The lowest BCUT2D eigenvalue weighted by Gasteiger charge is -2.01. The van der Waals surface area contributed by atoms with Crippen molar-refractivity contribution >= 4 is 23.2 Å². The molecule has 0 aliphatic heterocycles. The zero-order valence-electron chi connectivity index (χ0n) is 9.69. The van der Waals surface area contributed by atoms with Gasteiger partial charge in [0.15, 0.2) is 5.69 Å². The molecule has 0 atom stereocenters. The molecule has 1 rings (SSSR count). The van der Waals surface area contributed by atoms with Crippen LogP contribution >= 0.6 is 11.3 Å². The molecular formula is C10H14N2O4S. The van der Waals surface area contributed by atoms with Crippen molar-refractivity contribution in [2.24, 2.45) is 0 Å². The molecule has 0 saturated carbocycles. The maximum atomic E-state index is 11.3. The van der Waals surface area contributed by atoms with Gasteiger partial charge in [0.1, 0.15) is 5.01 Å². The zero-order valence-corrected chi connectivity index (χ0v) is 10.5. The first-order valence-electron chi connectivity index (χ1n) is 4.95. The van der Waals surface area contributed by atoms with Crippen LogP contribution in [0.1, 0.15) is 21.9 Å². The quantitative estimate of drug-likeness (QED) is 0.755. The van der Waals surface area contributed by atoms with Crippen molar-refractivity contribution in [3.63, 3.8) is 0 Å². The predicted octanol–water partition coefficient (Wildman–Crippen LogP) is 0.582. The average molecular weight is 258 g/mol. The van der Waals surface area contributed by atoms with Crippen LogP contribution in [0, 0.1) is 0 Å². The van der Waals surface area contributed by atoms with E-state index < -0.39 is 5.97 Å². The summed E-state index contributed by atoms with van der Waals surface area (Å²) in [6.45, 7) is 0.696. The van der Waals surface area contributed by atoms with Crippen molar-refractivity contribution in [3.8, 4) is 0 Å². The summed E-state index contributed by atoms with van der Waals surface area (Å²) in [7, 11) is 2.84. The molecule has 0 unspecified atom stereocenters. The fourth-order valence-corrected chi connectivity index (χ4v) is 1.75. The Hall–Kier alpha value is -1.47. The monoisotopic (exact) mass is 258 g/mol. The summed E-state index contributed by atoms with van der Waals surface area (Å²) in [5, 5.41) is 4.94. The van der Waals surface area contributed by atoms with Gasteiger partial charge in [-0.2, -0.15) is 0 Å². The van der Waals surface area contributed by atoms with Crippen molar-refractivity contribution in [1.82, 2.24) is 10.3 Å². The SMILES string of the molecule is COCCC(=O)NCc1nc(C(=O)OC)cs1. The molecule has 0 aromatic carbocycles. The zero-order chi connectivity index (χ0) is 12.7. The second-order valence-electron chi connectivity index (χ2n) is 3.14. The van der Waals surface area contributed by atoms with E-state index in [2.05, 4.69) is 15.0 Å². The molecule has 1 aromatic heterocycles. The molecule has 0 saturated heterocycles. The molecule has 0 fully saturated rings. The van der Waals surface area contributed by atoms with Crippen LogP contribution in [0.4, 0.5) is 0 Å². The van der Waals surface area contributed by atoms with Crippen LogP contribution in [0.3, 0.4) is 0 Å². The summed E-state index contributed by atoms with van der Waals surface area (Å²) < 4.78 is 9.31. The maximum Gasteiger partial charge on any atom is 0.357 e. The predicted molar refractivity (Wildman–Crippen MR) is 61.8 cm³/mol. The lowest BCUT2D eigenvalue weighted by atomic mass is 10.4. The number of methoxy groups -OCH3 is 2. The third kappa shape index (κ3) is 4.49. The largest absolute Gasteiger partial charge is 0.464 e. The van der Waals surface area contributed by atoms with Crippen LogP contribution in [0.15, 0.2) is 5.38 Å². The molecular weight excluding hydrogens is 244 g/mol. The number of esters is 1. The van der Waals surface area contributed by atoms with Crippen LogP contribution in [0.25, 0.3) is 0 Å². The van der Waals surface area contributed by atoms with Gasteiger partial charge in [0.25, 0.3) is 0 Å². The lowest BCUT2D eigenvalue weighted by Crippen LogP contribution is -2.23. The number of aromatic nitrogens is 1. The van der Waals surface area contributed by atoms with Gasteiger partial charge in [-0.25, -0.2) is 9.78 Å². The first kappa shape index (κ1) is 13.6. The van der Waals surface area contributed by atoms with Crippen molar-refractivity contribution in [3.05, 3.63) is 16.1 Å². The third-order valence-corrected chi connectivity index (χ3v) is 2.77. The molecule has 0 aliphatic carbocycles. The molecule has 17 heavy (non-hydrogen) atoms. The second kappa shape index (κ2) is 6.97. The number of rotatable bonds is 6. The van der Waals surface area contributed by atoms with Crippen molar-refractivity contribution in [2.75, 3.05) is 20.8 Å². The van der Waals surface area contributed by atoms with E-state index in [0.717, 1.165) is 0 Å². The first-order chi connectivity index (χ1) is 8.17. The average Bonchev–Trinajstić information content (AvgIpc) is 2.81. The molecule has 1 aromatic rings. The molecule has 1 amide bonds. The van der Waals surface area contributed by atoms with Gasteiger partial charge in [-0.1, -0.05) is 0 Å². The third-order valence-electron chi connectivity index (χ3n) is 1.92. The summed E-state index contributed by atoms with van der Waals surface area (Å²) in [4.78, 5) is 26.4. The highest BCUT2D eigenvalue weighted by molar-refractivity contribution is 7.09. The first-order valence-corrected chi connectivity index (χ1v) is 5.83. The summed E-state index contributed by atoms with van der Waals surface area (Å²) >= 11 is 1.30. The molecule has 0 bridgehead atoms. The molecule has 94 valence electrons. The van der Waals surface area contributed by atoms with Gasteiger partial charge in [0, 0.05) is 18.9 Å². The Balaban J connectivity index is 2.39. The summed E-state index contributed by atoms with van der Waals surface area (Å²) in [5.41, 5.74) is 0.263. The van der Waals surface area contributed by atoms with Gasteiger partial charge in [-0.15, -0.1) is 11.3 Å². The van der Waals surface area contributed by atoms with Crippen LogP contribution in [0.2, 0.25) is 0 Å². The van der Waals surface area contributed by atoms with E-state index in [4.69, 9.17) is 4.74 Å². The highest BCUT2D eigenvalue weighted by Gasteiger charge is 2.10. The van der Waals surface area contributed by atoms with E-state index in [0.29, 0.717) is 24.6 Å². The molecule has 1 heterocycles. The lowest BCUT2D eigenvalue weighted by molar-refractivity contribution is -0.122. The Bertz CT molecular complexity index is 391. The summed E-state index contributed by atoms with van der Waals surface area (Å²) in [6.07, 6.45) is 0.311. The number of carbonyl (C=O) groups is 2. The van der Waals surface area contributed by atoms with Crippen molar-refractivity contribution in [1.29, 1.82) is 0 Å². The fourth-order valence-electron chi connectivity index (χ4n) is 1.05. The molecule has 0 spiro atoms. The number of nitrogens with zero attached hydrogens (tertiary/aromatic N) is 1. The minimum Gasteiger partial charge on any atom is -0.464 e. The number of carbonyl (C=O) groups excluding carboxylic acids is 2. The fraction of sp³-hybridized carbons (Fsp3) is 0.500. The minimum atomic E-state index is -0.474. The number of nitrogens with one attached hydrogen (secondary N) is 1. The number of amides is 1. The number of ether oxygens (including phenoxy) is 2. The number of thiazole rings is 1. The van der Waals surface area contributed by atoms with Crippen molar-refractivity contribution in [2.45, 2.75) is 13.0 Å². The van der Waals surface area contributed by atoms with Gasteiger partial charge in [-0.3, -0.25) is 4.79 Å². The standard InChI is InChI=1S/C10H14N2O4S/c1-15-4-3-8(13)11-5-9-12-7(6-17-9)10(14)16-2/h6H,3-5H2,1-2H3,(H,11,13). The Labute approximate surface area is 103 Å². The van der Waals surface area contributed by atoms with E-state index in [1.807, 2.05) is 0 Å². The number of hydrogen-bond acceptors (Lipinski definition) is 6. The second-order valence-corrected chi connectivity index (χ2v) is 4.08. The van der Waals surface area contributed by atoms with Gasteiger partial charge >= 0.3 is 5.97 Å². The Morgan fingerprint density at radius 1 is 1.47 bits per heavy atom. The van der Waals surface area contributed by atoms with Crippen LogP contribution < -0.4 is 5.32 Å². The van der Waals surface area contributed by atoms with Crippen LogP contribution in [0.5, 0.6) is 0 Å². The van der Waals surface area contributed by atoms with E-state index >= 15 is 0 Å². The van der Waals surface area contributed by atoms with E-state index in [-0.39, 0.29) is 11.6 Å². The Morgan fingerprint density at radius 2 is 2.24 bits per heavy atom. The van der Waals surface area contributed by atoms with E-state index in [9.17, 15) is 9.59 Å². The number of hydrogen-bond donors (Lipinski definition) is 1. The molecule has 0 aliphatic rings. The highest BCUT2D eigenvalue weighted by Crippen LogP contribution is 2.10. The smallest absolute Gasteiger partial charge is 0.357 e. The van der Waals surface area contributed by atoms with Gasteiger partial charge < -0.3 is 14.8 Å². The summed E-state index contributed by atoms with van der Waals surface area (Å²) in [6, 6.07) is 0. The normalized spacial score (nSPS) is 10.0. The summed E-state index contributed by atoms with van der Waals surface area (Å²) in [5.74, 6) is -0.583. The Kier molecular flexibility index (Phi) is 5.58. The highest BCUT2D eigenvalue weighted by atomic mass is 32.1. The molecule has 6 nitrogen and oxygen atoms in total. The van der Waals surface area contributed by atoms with Gasteiger partial charge in [0.05, 0.1) is 20.3 Å². The molecule has 7 heteroatoms. The van der Waals surface area contributed by atoms with E-state index in [1.54, 1.807) is 5.38 Å². The minimum absolute atomic E-state index is 0.110. The topological polar surface area (TPSA) is 77.5 Å². The Morgan fingerprint density at radius 3 is 2.88 bits per heavy atom. The van der Waals surface area contributed by atoms with Crippen LogP contribution in [-0.2, 0) is 20.8 Å². The van der Waals surface area contributed by atoms with Gasteiger partial charge in [0.2, 0.25) is 5.91 Å². The maximum absolute atomic E-state index is 11.3. The molecule has 1 N–H and O–H groups in total. The van der Waals surface area contributed by atoms with Gasteiger partial charge in [-0.05, 0) is 0 Å². The van der Waals surface area contributed by atoms with E-state index in [1.165, 1.54) is 25.6 Å².